The molecule has 1 fully saturated rings. The van der Waals surface area contributed by atoms with Gasteiger partial charge in [0.1, 0.15) is 0 Å². The van der Waals surface area contributed by atoms with Crippen molar-refractivity contribution in [2.45, 2.75) is 31.0 Å². The van der Waals surface area contributed by atoms with Gasteiger partial charge in [-0.1, -0.05) is 36.4 Å². The highest BCUT2D eigenvalue weighted by Crippen LogP contribution is 2.27. The summed E-state index contributed by atoms with van der Waals surface area (Å²) in [5, 5.41) is 24.4. The first-order valence-corrected chi connectivity index (χ1v) is 9.78. The molecule has 1 aliphatic heterocycles. The van der Waals surface area contributed by atoms with Crippen LogP contribution in [0, 0.1) is 5.82 Å². The van der Waals surface area contributed by atoms with Gasteiger partial charge in [0.25, 0.3) is 0 Å². The third-order valence-electron chi connectivity index (χ3n) is 5.35. The SMILES string of the molecule is COc1cc([C@@H](O)[C@@H](CN2CCCC2)N[C@H](CO)c2ccccc2)ccc1F. The fourth-order valence-electron chi connectivity index (χ4n) is 3.78. The minimum absolute atomic E-state index is 0.0834. The highest BCUT2D eigenvalue weighted by atomic mass is 19.1. The summed E-state index contributed by atoms with van der Waals surface area (Å²) in [6.45, 7) is 2.55. The van der Waals surface area contributed by atoms with E-state index >= 15 is 0 Å². The summed E-state index contributed by atoms with van der Waals surface area (Å²) < 4.78 is 18.8. The highest BCUT2D eigenvalue weighted by Gasteiger charge is 2.28. The molecule has 0 aromatic heterocycles. The molecule has 152 valence electrons. The van der Waals surface area contributed by atoms with Gasteiger partial charge >= 0.3 is 0 Å². The van der Waals surface area contributed by atoms with Gasteiger partial charge in [0.2, 0.25) is 0 Å². The molecule has 0 saturated carbocycles. The van der Waals surface area contributed by atoms with Crippen molar-refractivity contribution in [2.24, 2.45) is 0 Å². The number of benzene rings is 2. The normalized spacial score (nSPS) is 18.0. The lowest BCUT2D eigenvalue weighted by atomic mass is 9.98. The van der Waals surface area contributed by atoms with Crippen molar-refractivity contribution < 1.29 is 19.3 Å². The van der Waals surface area contributed by atoms with Crippen LogP contribution in [-0.2, 0) is 0 Å². The van der Waals surface area contributed by atoms with Crippen molar-refractivity contribution >= 4 is 0 Å². The maximum Gasteiger partial charge on any atom is 0.165 e. The van der Waals surface area contributed by atoms with Crippen LogP contribution in [0.1, 0.15) is 36.1 Å². The first-order chi connectivity index (χ1) is 13.6. The lowest BCUT2D eigenvalue weighted by molar-refractivity contribution is 0.0913. The summed E-state index contributed by atoms with van der Waals surface area (Å²) >= 11 is 0. The van der Waals surface area contributed by atoms with E-state index in [0.29, 0.717) is 12.1 Å². The Morgan fingerprint density at radius 1 is 1.11 bits per heavy atom. The summed E-state index contributed by atoms with van der Waals surface area (Å²) in [5.74, 6) is -0.349. The van der Waals surface area contributed by atoms with Crippen molar-refractivity contribution in [3.63, 3.8) is 0 Å². The van der Waals surface area contributed by atoms with E-state index < -0.39 is 11.9 Å². The number of methoxy groups -OCH3 is 1. The Kier molecular flexibility index (Phi) is 7.39. The number of aliphatic hydroxyl groups excluding tert-OH is 2. The van der Waals surface area contributed by atoms with Crippen LogP contribution in [-0.4, -0.2) is 54.5 Å². The Bertz CT molecular complexity index is 738. The molecule has 28 heavy (non-hydrogen) atoms. The lowest BCUT2D eigenvalue weighted by Gasteiger charge is -2.32. The van der Waals surface area contributed by atoms with Crippen LogP contribution < -0.4 is 10.1 Å². The largest absolute Gasteiger partial charge is 0.494 e. The molecule has 0 unspecified atom stereocenters. The van der Waals surface area contributed by atoms with Crippen molar-refractivity contribution in [1.29, 1.82) is 0 Å². The molecule has 1 saturated heterocycles. The second kappa shape index (κ2) is 9.98. The maximum atomic E-state index is 13.8. The van der Waals surface area contributed by atoms with Gasteiger partial charge in [-0.3, -0.25) is 0 Å². The molecule has 0 amide bonds. The van der Waals surface area contributed by atoms with Gasteiger partial charge in [-0.05, 0) is 49.2 Å². The standard InChI is InChI=1S/C22H29FN2O3/c1-28-21-13-17(9-10-18(21)23)22(27)19(14-25-11-5-6-12-25)24-20(15-26)16-7-3-2-4-8-16/h2-4,7-10,13,19-20,22,24,26-27H,5-6,11-12,14-15H2,1H3/t19-,20-,22-/m1/s1. The summed E-state index contributed by atoms with van der Waals surface area (Å²) in [4.78, 5) is 2.31. The van der Waals surface area contributed by atoms with Gasteiger partial charge in [0.15, 0.2) is 11.6 Å². The molecule has 3 N–H and O–H groups in total. The van der Waals surface area contributed by atoms with Gasteiger partial charge in [0.05, 0.1) is 31.9 Å². The molecule has 5 nitrogen and oxygen atoms in total. The van der Waals surface area contributed by atoms with Crippen molar-refractivity contribution in [3.8, 4) is 5.75 Å². The fourth-order valence-corrected chi connectivity index (χ4v) is 3.78. The van der Waals surface area contributed by atoms with Crippen LogP contribution in [0.4, 0.5) is 4.39 Å². The molecule has 0 bridgehead atoms. The number of hydrogen-bond donors (Lipinski definition) is 3. The maximum absolute atomic E-state index is 13.8. The Hall–Kier alpha value is -1.99. The molecule has 1 heterocycles. The molecule has 3 atom stereocenters. The van der Waals surface area contributed by atoms with E-state index in [-0.39, 0.29) is 24.4 Å². The van der Waals surface area contributed by atoms with Crippen LogP contribution in [0.15, 0.2) is 48.5 Å². The first kappa shape index (κ1) is 20.7. The summed E-state index contributed by atoms with van der Waals surface area (Å²) in [6, 6.07) is 13.5. The molecule has 0 spiro atoms. The fraction of sp³-hybridized carbons (Fsp3) is 0.455. The number of nitrogens with zero attached hydrogens (tertiary/aromatic N) is 1. The smallest absolute Gasteiger partial charge is 0.165 e. The van der Waals surface area contributed by atoms with Gasteiger partial charge < -0.3 is 25.2 Å². The second-order valence-corrected chi connectivity index (χ2v) is 7.27. The first-order valence-electron chi connectivity index (χ1n) is 9.78. The van der Waals surface area contributed by atoms with E-state index in [1.165, 1.54) is 19.2 Å². The molecular formula is C22H29FN2O3. The molecule has 2 aromatic carbocycles. The lowest BCUT2D eigenvalue weighted by Crippen LogP contribution is -2.46. The molecular weight excluding hydrogens is 359 g/mol. The van der Waals surface area contributed by atoms with Gasteiger partial charge in [-0.15, -0.1) is 0 Å². The number of halogens is 1. The Morgan fingerprint density at radius 2 is 1.82 bits per heavy atom. The van der Waals surface area contributed by atoms with Crippen LogP contribution in [0.3, 0.4) is 0 Å². The third kappa shape index (κ3) is 5.08. The third-order valence-corrected chi connectivity index (χ3v) is 5.35. The zero-order valence-electron chi connectivity index (χ0n) is 16.2. The molecule has 1 aliphatic rings. The Labute approximate surface area is 165 Å². The van der Waals surface area contributed by atoms with E-state index in [1.807, 2.05) is 30.3 Å². The molecule has 0 radical (unpaired) electrons. The number of likely N-dealkylation sites (tertiary alicyclic amines) is 1. The van der Waals surface area contributed by atoms with Crippen LogP contribution in [0.2, 0.25) is 0 Å². The second-order valence-electron chi connectivity index (χ2n) is 7.27. The summed E-state index contributed by atoms with van der Waals surface area (Å²) in [7, 11) is 1.41. The van der Waals surface area contributed by atoms with Crippen molar-refractivity contribution in [1.82, 2.24) is 10.2 Å². The van der Waals surface area contributed by atoms with Crippen LogP contribution in [0.25, 0.3) is 0 Å². The van der Waals surface area contributed by atoms with Crippen molar-refractivity contribution in [3.05, 3.63) is 65.5 Å². The number of aliphatic hydroxyl groups is 2. The number of nitrogens with one attached hydrogen (secondary N) is 1. The van der Waals surface area contributed by atoms with E-state index in [2.05, 4.69) is 10.2 Å². The molecule has 6 heteroatoms. The monoisotopic (exact) mass is 388 g/mol. The van der Waals surface area contributed by atoms with Gasteiger partial charge in [-0.2, -0.15) is 0 Å². The topological polar surface area (TPSA) is 65.0 Å². The van der Waals surface area contributed by atoms with Gasteiger partial charge in [0, 0.05) is 6.54 Å². The van der Waals surface area contributed by atoms with Gasteiger partial charge in [-0.25, -0.2) is 4.39 Å². The minimum atomic E-state index is -0.868. The zero-order valence-corrected chi connectivity index (χ0v) is 16.2. The number of ether oxygens (including phenoxy) is 1. The summed E-state index contributed by atoms with van der Waals surface area (Å²) in [5.41, 5.74) is 1.54. The summed E-state index contributed by atoms with van der Waals surface area (Å²) in [6.07, 6.45) is 1.43. The molecule has 3 rings (SSSR count). The predicted octanol–water partition coefficient (Wildman–Crippen LogP) is 2.66. The Morgan fingerprint density at radius 3 is 2.46 bits per heavy atom. The van der Waals surface area contributed by atoms with E-state index in [0.717, 1.165) is 31.5 Å². The zero-order chi connectivity index (χ0) is 19.9. The van der Waals surface area contributed by atoms with E-state index in [1.54, 1.807) is 6.07 Å². The average Bonchev–Trinajstić information content (AvgIpc) is 3.24. The highest BCUT2D eigenvalue weighted by molar-refractivity contribution is 5.32. The molecule has 0 aliphatic carbocycles. The molecule has 2 aromatic rings. The van der Waals surface area contributed by atoms with E-state index in [9.17, 15) is 14.6 Å². The quantitative estimate of drug-likeness (QED) is 0.616. The average molecular weight is 388 g/mol. The minimum Gasteiger partial charge on any atom is -0.494 e. The predicted molar refractivity (Wildman–Crippen MR) is 107 cm³/mol. The van der Waals surface area contributed by atoms with E-state index in [4.69, 9.17) is 4.74 Å². The van der Waals surface area contributed by atoms with Crippen LogP contribution in [0.5, 0.6) is 5.75 Å². The number of hydrogen-bond acceptors (Lipinski definition) is 5. The van der Waals surface area contributed by atoms with Crippen molar-refractivity contribution in [2.75, 3.05) is 33.4 Å². The van der Waals surface area contributed by atoms with Crippen LogP contribution >= 0.6 is 0 Å². The number of rotatable bonds is 9. The Balaban J connectivity index is 1.83.